The number of para-hydroxylation sites is 1. The summed E-state index contributed by atoms with van der Waals surface area (Å²) < 4.78 is 5.28. The maximum Gasteiger partial charge on any atom is 0.139 e. The van der Waals surface area contributed by atoms with Crippen LogP contribution in [-0.2, 0) is 11.2 Å². The van der Waals surface area contributed by atoms with E-state index in [1.807, 2.05) is 24.3 Å². The Kier molecular flexibility index (Phi) is 4.59. The molecule has 1 saturated carbocycles. The number of hydrogen-bond acceptors (Lipinski definition) is 3. The van der Waals surface area contributed by atoms with Gasteiger partial charge in [-0.15, -0.1) is 0 Å². The first-order valence-corrected chi connectivity index (χ1v) is 7.05. The molecule has 2 rings (SSSR count). The number of ether oxygens (including phenoxy) is 1. The van der Waals surface area contributed by atoms with E-state index in [0.717, 1.165) is 37.0 Å². The average molecular weight is 261 g/mol. The minimum absolute atomic E-state index is 0.217. The smallest absolute Gasteiger partial charge is 0.139 e. The van der Waals surface area contributed by atoms with Gasteiger partial charge in [0.25, 0.3) is 0 Å². The number of ketones is 1. The summed E-state index contributed by atoms with van der Waals surface area (Å²) in [6, 6.07) is 7.69. The molecule has 104 valence electrons. The summed E-state index contributed by atoms with van der Waals surface area (Å²) in [6.45, 7) is 0. The van der Waals surface area contributed by atoms with E-state index in [1.165, 1.54) is 6.42 Å². The maximum absolute atomic E-state index is 12.2. The Morgan fingerprint density at radius 2 is 1.95 bits per heavy atom. The van der Waals surface area contributed by atoms with Gasteiger partial charge in [-0.2, -0.15) is 0 Å². The first-order chi connectivity index (χ1) is 9.13. The summed E-state index contributed by atoms with van der Waals surface area (Å²) in [6.07, 6.45) is 6.42. The van der Waals surface area contributed by atoms with Crippen LogP contribution in [0.3, 0.4) is 0 Å². The third-order valence-electron chi connectivity index (χ3n) is 3.98. The van der Waals surface area contributed by atoms with E-state index < -0.39 is 0 Å². The molecular formula is C16H23NO2. The van der Waals surface area contributed by atoms with Crippen LogP contribution in [0.1, 0.15) is 44.1 Å². The quantitative estimate of drug-likeness (QED) is 0.886. The predicted octanol–water partition coefficient (Wildman–Crippen LogP) is 2.86. The van der Waals surface area contributed by atoms with Crippen LogP contribution in [0.25, 0.3) is 0 Å². The highest BCUT2D eigenvalue weighted by Gasteiger charge is 2.29. The number of carbonyl (C=O) groups excluding carboxylic acids is 1. The van der Waals surface area contributed by atoms with Gasteiger partial charge in [-0.1, -0.05) is 37.5 Å². The van der Waals surface area contributed by atoms with Crippen molar-refractivity contribution in [3.63, 3.8) is 0 Å². The van der Waals surface area contributed by atoms with Crippen LogP contribution in [0, 0.1) is 0 Å². The zero-order valence-corrected chi connectivity index (χ0v) is 11.7. The third kappa shape index (κ3) is 3.80. The molecule has 1 fully saturated rings. The van der Waals surface area contributed by atoms with Gasteiger partial charge in [-0.05, 0) is 18.9 Å². The lowest BCUT2D eigenvalue weighted by Crippen LogP contribution is -2.43. The zero-order chi connectivity index (χ0) is 13.7. The van der Waals surface area contributed by atoms with E-state index in [9.17, 15) is 4.79 Å². The molecule has 0 saturated heterocycles. The summed E-state index contributed by atoms with van der Waals surface area (Å²) in [7, 11) is 1.63. The van der Waals surface area contributed by atoms with Crippen molar-refractivity contribution in [2.45, 2.75) is 50.5 Å². The Hall–Kier alpha value is -1.35. The van der Waals surface area contributed by atoms with Crippen LogP contribution in [0.2, 0.25) is 0 Å². The van der Waals surface area contributed by atoms with Crippen molar-refractivity contribution >= 4 is 5.78 Å². The molecule has 0 bridgehead atoms. The van der Waals surface area contributed by atoms with Gasteiger partial charge in [0.05, 0.1) is 7.11 Å². The fourth-order valence-corrected chi connectivity index (χ4v) is 2.95. The molecule has 2 N–H and O–H groups in total. The molecule has 0 heterocycles. The molecule has 1 aliphatic rings. The van der Waals surface area contributed by atoms with E-state index in [1.54, 1.807) is 7.11 Å². The zero-order valence-electron chi connectivity index (χ0n) is 11.7. The number of benzene rings is 1. The van der Waals surface area contributed by atoms with Crippen molar-refractivity contribution in [3.8, 4) is 5.75 Å². The Morgan fingerprint density at radius 3 is 2.63 bits per heavy atom. The summed E-state index contributed by atoms with van der Waals surface area (Å²) in [5.41, 5.74) is 7.02. The van der Waals surface area contributed by atoms with E-state index >= 15 is 0 Å². The monoisotopic (exact) mass is 261 g/mol. The van der Waals surface area contributed by atoms with Crippen molar-refractivity contribution in [3.05, 3.63) is 29.8 Å². The van der Waals surface area contributed by atoms with Crippen LogP contribution in [0.5, 0.6) is 5.75 Å². The summed E-state index contributed by atoms with van der Waals surface area (Å²) >= 11 is 0. The van der Waals surface area contributed by atoms with Gasteiger partial charge in [0.1, 0.15) is 11.5 Å². The highest BCUT2D eigenvalue weighted by atomic mass is 16.5. The molecule has 0 aromatic heterocycles. The first kappa shape index (κ1) is 14.1. The second-order valence-corrected chi connectivity index (χ2v) is 5.63. The van der Waals surface area contributed by atoms with Gasteiger partial charge < -0.3 is 10.5 Å². The SMILES string of the molecule is COc1ccccc1CC(=O)CC1(N)CCCCC1. The molecule has 1 aromatic carbocycles. The lowest BCUT2D eigenvalue weighted by atomic mass is 9.78. The van der Waals surface area contributed by atoms with Crippen molar-refractivity contribution < 1.29 is 9.53 Å². The highest BCUT2D eigenvalue weighted by Crippen LogP contribution is 2.29. The lowest BCUT2D eigenvalue weighted by Gasteiger charge is -2.32. The van der Waals surface area contributed by atoms with Gasteiger partial charge >= 0.3 is 0 Å². The molecule has 1 aliphatic carbocycles. The van der Waals surface area contributed by atoms with Gasteiger partial charge in [-0.3, -0.25) is 4.79 Å². The van der Waals surface area contributed by atoms with Crippen molar-refractivity contribution in [1.29, 1.82) is 0 Å². The molecular weight excluding hydrogens is 238 g/mol. The van der Waals surface area contributed by atoms with Crippen molar-refractivity contribution in [1.82, 2.24) is 0 Å². The first-order valence-electron chi connectivity index (χ1n) is 7.05. The van der Waals surface area contributed by atoms with Crippen LogP contribution >= 0.6 is 0 Å². The number of Topliss-reactive ketones (excluding diaryl/α,β-unsaturated/α-hetero) is 1. The van der Waals surface area contributed by atoms with E-state index in [-0.39, 0.29) is 11.3 Å². The number of rotatable bonds is 5. The largest absolute Gasteiger partial charge is 0.496 e. The molecule has 19 heavy (non-hydrogen) atoms. The maximum atomic E-state index is 12.2. The predicted molar refractivity (Wildman–Crippen MR) is 76.3 cm³/mol. The molecule has 0 aliphatic heterocycles. The number of methoxy groups -OCH3 is 1. The second-order valence-electron chi connectivity index (χ2n) is 5.63. The molecule has 0 radical (unpaired) electrons. The molecule has 3 heteroatoms. The Morgan fingerprint density at radius 1 is 1.26 bits per heavy atom. The lowest BCUT2D eigenvalue weighted by molar-refractivity contribution is -0.119. The van der Waals surface area contributed by atoms with Crippen LogP contribution in [0.4, 0.5) is 0 Å². The Labute approximate surface area is 115 Å². The summed E-state index contributed by atoms with van der Waals surface area (Å²) in [5.74, 6) is 1.000. The fourth-order valence-electron chi connectivity index (χ4n) is 2.95. The minimum Gasteiger partial charge on any atom is -0.496 e. The van der Waals surface area contributed by atoms with E-state index in [4.69, 9.17) is 10.5 Å². The minimum atomic E-state index is -0.267. The van der Waals surface area contributed by atoms with Crippen LogP contribution in [0.15, 0.2) is 24.3 Å². The summed E-state index contributed by atoms with van der Waals surface area (Å²) in [4.78, 5) is 12.2. The van der Waals surface area contributed by atoms with Crippen LogP contribution in [-0.4, -0.2) is 18.4 Å². The average Bonchev–Trinajstić information content (AvgIpc) is 2.39. The number of nitrogens with two attached hydrogens (primary N) is 1. The highest BCUT2D eigenvalue weighted by molar-refractivity contribution is 5.82. The Bertz CT molecular complexity index is 436. The molecule has 0 amide bonds. The summed E-state index contributed by atoms with van der Waals surface area (Å²) in [5, 5.41) is 0. The van der Waals surface area contributed by atoms with Gasteiger partial charge in [0, 0.05) is 23.9 Å². The van der Waals surface area contributed by atoms with E-state index in [2.05, 4.69) is 0 Å². The molecule has 0 atom stereocenters. The van der Waals surface area contributed by atoms with Gasteiger partial charge in [0.2, 0.25) is 0 Å². The Balaban J connectivity index is 1.97. The molecule has 0 spiro atoms. The molecule has 0 unspecified atom stereocenters. The normalized spacial score (nSPS) is 18.0. The molecule has 3 nitrogen and oxygen atoms in total. The van der Waals surface area contributed by atoms with Crippen molar-refractivity contribution in [2.75, 3.05) is 7.11 Å². The number of hydrogen-bond donors (Lipinski definition) is 1. The fraction of sp³-hybridized carbons (Fsp3) is 0.562. The second kappa shape index (κ2) is 6.20. The van der Waals surface area contributed by atoms with Gasteiger partial charge in [-0.25, -0.2) is 0 Å². The number of carbonyl (C=O) groups is 1. The van der Waals surface area contributed by atoms with Crippen molar-refractivity contribution in [2.24, 2.45) is 5.73 Å². The molecule has 1 aromatic rings. The topological polar surface area (TPSA) is 52.3 Å². The third-order valence-corrected chi connectivity index (χ3v) is 3.98. The standard InChI is InChI=1S/C16H23NO2/c1-19-15-8-4-3-7-13(15)11-14(18)12-16(17)9-5-2-6-10-16/h3-4,7-8H,2,5-6,9-12,17H2,1H3. The van der Waals surface area contributed by atoms with Gasteiger partial charge in [0.15, 0.2) is 0 Å². The van der Waals surface area contributed by atoms with Crippen LogP contribution < -0.4 is 10.5 Å². The van der Waals surface area contributed by atoms with E-state index in [0.29, 0.717) is 12.8 Å².